The summed E-state index contributed by atoms with van der Waals surface area (Å²) in [6.07, 6.45) is 0.925. The zero-order chi connectivity index (χ0) is 13.8. The molecule has 108 valence electrons. The second-order valence-electron chi connectivity index (χ2n) is 4.23. The molecule has 1 aromatic carbocycles. The highest BCUT2D eigenvalue weighted by Crippen LogP contribution is 2.13. The molecule has 0 aliphatic heterocycles. The molecule has 0 aliphatic carbocycles. The second kappa shape index (κ2) is 10.8. The van der Waals surface area contributed by atoms with Gasteiger partial charge < -0.3 is 19.5 Å². The van der Waals surface area contributed by atoms with Crippen LogP contribution in [-0.4, -0.2) is 40.1 Å². The first-order valence-corrected chi connectivity index (χ1v) is 6.86. The number of hydrogen-bond donors (Lipinski definition) is 1. The van der Waals surface area contributed by atoms with E-state index in [9.17, 15) is 0 Å². The van der Waals surface area contributed by atoms with E-state index < -0.39 is 0 Å². The summed E-state index contributed by atoms with van der Waals surface area (Å²) in [7, 11) is 1.70. The van der Waals surface area contributed by atoms with Gasteiger partial charge in [-0.1, -0.05) is 19.1 Å². The molecule has 0 bridgehead atoms. The molecular formula is C15H25NO3. The van der Waals surface area contributed by atoms with Crippen molar-refractivity contribution in [1.82, 2.24) is 5.32 Å². The van der Waals surface area contributed by atoms with Gasteiger partial charge in [-0.15, -0.1) is 0 Å². The average molecular weight is 267 g/mol. The van der Waals surface area contributed by atoms with Crippen molar-refractivity contribution in [2.45, 2.75) is 19.9 Å². The normalized spacial score (nSPS) is 10.6. The molecule has 4 heteroatoms. The quantitative estimate of drug-likeness (QED) is 0.624. The van der Waals surface area contributed by atoms with Crippen molar-refractivity contribution in [3.05, 3.63) is 29.8 Å². The average Bonchev–Trinajstić information content (AvgIpc) is 2.44. The summed E-state index contributed by atoms with van der Waals surface area (Å²) < 4.78 is 16.0. The molecular weight excluding hydrogens is 242 g/mol. The predicted molar refractivity (Wildman–Crippen MR) is 76.6 cm³/mol. The number of nitrogens with one attached hydrogen (secondary N) is 1. The molecule has 0 heterocycles. The summed E-state index contributed by atoms with van der Waals surface area (Å²) in [5.74, 6) is 0.899. The van der Waals surface area contributed by atoms with Gasteiger partial charge >= 0.3 is 0 Å². The fourth-order valence-corrected chi connectivity index (χ4v) is 1.64. The van der Waals surface area contributed by atoms with Crippen LogP contribution >= 0.6 is 0 Å². The van der Waals surface area contributed by atoms with Crippen molar-refractivity contribution in [2.24, 2.45) is 0 Å². The van der Waals surface area contributed by atoms with Crippen molar-refractivity contribution in [2.75, 3.05) is 40.1 Å². The highest BCUT2D eigenvalue weighted by atomic mass is 16.5. The summed E-state index contributed by atoms with van der Waals surface area (Å²) in [6.45, 7) is 6.60. The van der Waals surface area contributed by atoms with Crippen LogP contribution in [0, 0.1) is 0 Å². The molecule has 0 spiro atoms. The summed E-state index contributed by atoms with van der Waals surface area (Å²) in [5, 5.41) is 3.30. The lowest BCUT2D eigenvalue weighted by molar-refractivity contribution is 0.0806. The fraction of sp³-hybridized carbons (Fsp3) is 0.600. The Hall–Kier alpha value is -1.10. The van der Waals surface area contributed by atoms with E-state index in [1.54, 1.807) is 7.11 Å². The van der Waals surface area contributed by atoms with Crippen LogP contribution in [0.5, 0.6) is 5.75 Å². The Labute approximate surface area is 116 Å². The Morgan fingerprint density at radius 1 is 1.11 bits per heavy atom. The summed E-state index contributed by atoms with van der Waals surface area (Å²) in [4.78, 5) is 0. The first kappa shape index (κ1) is 16.0. The molecule has 4 nitrogen and oxygen atoms in total. The van der Waals surface area contributed by atoms with Crippen LogP contribution in [0.2, 0.25) is 0 Å². The fourth-order valence-electron chi connectivity index (χ4n) is 1.64. The predicted octanol–water partition coefficient (Wildman–Crippen LogP) is 2.23. The maximum Gasteiger partial charge on any atom is 0.119 e. The van der Waals surface area contributed by atoms with Crippen molar-refractivity contribution in [3.8, 4) is 5.75 Å². The van der Waals surface area contributed by atoms with E-state index in [1.165, 1.54) is 5.56 Å². The SMILES string of the molecule is CCNCc1cccc(OCCOCCCOC)c1. The Morgan fingerprint density at radius 2 is 2.00 bits per heavy atom. The minimum Gasteiger partial charge on any atom is -0.491 e. The molecule has 1 rings (SSSR count). The molecule has 0 aromatic heterocycles. The number of hydrogen-bond acceptors (Lipinski definition) is 4. The molecule has 0 saturated carbocycles. The molecule has 0 amide bonds. The molecule has 1 aromatic rings. The summed E-state index contributed by atoms with van der Waals surface area (Å²) in [5.41, 5.74) is 1.24. The molecule has 1 N–H and O–H groups in total. The van der Waals surface area contributed by atoms with E-state index in [0.29, 0.717) is 13.2 Å². The van der Waals surface area contributed by atoms with Crippen molar-refractivity contribution >= 4 is 0 Å². The standard InChI is InChI=1S/C15H25NO3/c1-3-16-13-14-6-4-7-15(12-14)19-11-10-18-9-5-8-17-2/h4,6-7,12,16H,3,5,8-11,13H2,1-2H3. The molecule has 19 heavy (non-hydrogen) atoms. The Kier molecular flexibility index (Phi) is 9.06. The molecule has 0 aliphatic rings. The van der Waals surface area contributed by atoms with Crippen LogP contribution in [-0.2, 0) is 16.0 Å². The van der Waals surface area contributed by atoms with E-state index in [0.717, 1.165) is 38.5 Å². The van der Waals surface area contributed by atoms with Crippen molar-refractivity contribution in [1.29, 1.82) is 0 Å². The van der Waals surface area contributed by atoms with Crippen LogP contribution in [0.4, 0.5) is 0 Å². The zero-order valence-electron chi connectivity index (χ0n) is 12.0. The van der Waals surface area contributed by atoms with Crippen molar-refractivity contribution < 1.29 is 14.2 Å². The molecule has 0 saturated heterocycles. The largest absolute Gasteiger partial charge is 0.491 e. The van der Waals surface area contributed by atoms with Gasteiger partial charge in [-0.2, -0.15) is 0 Å². The van der Waals surface area contributed by atoms with Crippen LogP contribution in [0.1, 0.15) is 18.9 Å². The Balaban J connectivity index is 2.14. The Morgan fingerprint density at radius 3 is 2.79 bits per heavy atom. The maximum absolute atomic E-state index is 5.65. The molecule has 0 fully saturated rings. The number of methoxy groups -OCH3 is 1. The van der Waals surface area contributed by atoms with Gasteiger partial charge in [0.15, 0.2) is 0 Å². The topological polar surface area (TPSA) is 39.7 Å². The third-order valence-electron chi connectivity index (χ3n) is 2.61. The number of ether oxygens (including phenoxy) is 3. The summed E-state index contributed by atoms with van der Waals surface area (Å²) >= 11 is 0. The first-order valence-electron chi connectivity index (χ1n) is 6.86. The van der Waals surface area contributed by atoms with Gasteiger partial charge in [0.2, 0.25) is 0 Å². The van der Waals surface area contributed by atoms with Gasteiger partial charge in [-0.05, 0) is 30.7 Å². The van der Waals surface area contributed by atoms with E-state index >= 15 is 0 Å². The molecule has 0 atom stereocenters. The van der Waals surface area contributed by atoms with Gasteiger partial charge in [0.25, 0.3) is 0 Å². The van der Waals surface area contributed by atoms with Crippen LogP contribution < -0.4 is 10.1 Å². The van der Waals surface area contributed by atoms with Gasteiger partial charge in [0.1, 0.15) is 12.4 Å². The van der Waals surface area contributed by atoms with Crippen molar-refractivity contribution in [3.63, 3.8) is 0 Å². The van der Waals surface area contributed by atoms with Gasteiger partial charge in [-0.3, -0.25) is 0 Å². The zero-order valence-corrected chi connectivity index (χ0v) is 12.0. The highest BCUT2D eigenvalue weighted by Gasteiger charge is 1.97. The maximum atomic E-state index is 5.65. The van der Waals surface area contributed by atoms with E-state index in [-0.39, 0.29) is 0 Å². The van der Waals surface area contributed by atoms with E-state index in [1.807, 2.05) is 12.1 Å². The van der Waals surface area contributed by atoms with Crippen LogP contribution in [0.15, 0.2) is 24.3 Å². The lowest BCUT2D eigenvalue weighted by Crippen LogP contribution is -2.12. The third-order valence-corrected chi connectivity index (χ3v) is 2.61. The molecule has 0 radical (unpaired) electrons. The number of benzene rings is 1. The minimum atomic E-state index is 0.581. The number of rotatable bonds is 11. The minimum absolute atomic E-state index is 0.581. The van der Waals surface area contributed by atoms with Gasteiger partial charge in [0, 0.05) is 26.9 Å². The van der Waals surface area contributed by atoms with E-state index in [4.69, 9.17) is 14.2 Å². The summed E-state index contributed by atoms with van der Waals surface area (Å²) in [6, 6.07) is 8.15. The highest BCUT2D eigenvalue weighted by molar-refractivity contribution is 5.28. The second-order valence-corrected chi connectivity index (χ2v) is 4.23. The van der Waals surface area contributed by atoms with Gasteiger partial charge in [0.05, 0.1) is 6.61 Å². The lowest BCUT2D eigenvalue weighted by Gasteiger charge is -2.09. The van der Waals surface area contributed by atoms with Gasteiger partial charge in [-0.25, -0.2) is 0 Å². The third kappa shape index (κ3) is 7.82. The first-order chi connectivity index (χ1) is 9.36. The van der Waals surface area contributed by atoms with E-state index in [2.05, 4.69) is 24.4 Å². The molecule has 0 unspecified atom stereocenters. The Bertz CT molecular complexity index is 331. The lowest BCUT2D eigenvalue weighted by atomic mass is 10.2. The monoisotopic (exact) mass is 267 g/mol. The smallest absolute Gasteiger partial charge is 0.119 e. The van der Waals surface area contributed by atoms with Crippen LogP contribution in [0.25, 0.3) is 0 Å². The van der Waals surface area contributed by atoms with Crippen LogP contribution in [0.3, 0.4) is 0 Å².